The number of esters is 6. The summed E-state index contributed by atoms with van der Waals surface area (Å²) in [6.45, 7) is 5.39. The van der Waals surface area contributed by atoms with E-state index in [1.807, 2.05) is 0 Å². The van der Waals surface area contributed by atoms with Gasteiger partial charge in [0.05, 0.1) is 5.92 Å². The Morgan fingerprint density at radius 3 is 1.76 bits per heavy atom. The molecule has 0 aromatic heterocycles. The zero-order chi connectivity index (χ0) is 29.2. The highest BCUT2D eigenvalue weighted by atomic mass is 16.7. The number of nitrogens with zero attached hydrogens (tertiary/aromatic N) is 1. The van der Waals surface area contributed by atoms with Crippen LogP contribution in [0.4, 0.5) is 0 Å². The molecule has 38 heavy (non-hydrogen) atoms. The molecule has 1 aliphatic carbocycles. The molecular weight excluding hydrogens is 514 g/mol. The average molecular weight is 545 g/mol. The minimum Gasteiger partial charge on any atom is -0.462 e. The van der Waals surface area contributed by atoms with Crippen molar-refractivity contribution >= 4 is 35.8 Å². The maximum Gasteiger partial charge on any atom is 0.303 e. The molecule has 0 radical (unpaired) electrons. The summed E-state index contributed by atoms with van der Waals surface area (Å²) in [5.74, 6) is -6.68. The summed E-state index contributed by atoms with van der Waals surface area (Å²) in [6.07, 6.45) is -5.57. The first-order valence-electron chi connectivity index (χ1n) is 11.4. The average Bonchev–Trinajstić information content (AvgIpc) is 2.76. The number of ether oxygens (including phenoxy) is 6. The molecule has 0 saturated carbocycles. The normalized spacial score (nSPS) is 21.5. The first kappa shape index (κ1) is 32.0. The SMILES string of the molecule is CC(=O)OC[C@@H](OC(C)=O)[C@H](OC(C)=O)[C@H](OC(C)=O)[C@@H](OC(C)=O)[C@H]1CC=C[C@H](OC(C)=O)[C@@H]1[N+](=O)[O-]. The van der Waals surface area contributed by atoms with E-state index in [4.69, 9.17) is 28.4 Å². The zero-order valence-corrected chi connectivity index (χ0v) is 21.8. The fourth-order valence-corrected chi connectivity index (χ4v) is 4.03. The summed E-state index contributed by atoms with van der Waals surface area (Å²) in [6, 6.07) is -1.69. The van der Waals surface area contributed by atoms with Crippen molar-refractivity contribution in [2.45, 2.75) is 84.5 Å². The molecule has 0 aliphatic heterocycles. The third-order valence-corrected chi connectivity index (χ3v) is 5.17. The first-order chi connectivity index (χ1) is 17.6. The second-order valence-corrected chi connectivity index (χ2v) is 8.35. The number of hydrogen-bond donors (Lipinski definition) is 0. The van der Waals surface area contributed by atoms with E-state index in [9.17, 15) is 38.9 Å². The molecule has 0 unspecified atom stereocenters. The van der Waals surface area contributed by atoms with Gasteiger partial charge in [-0.25, -0.2) is 0 Å². The largest absolute Gasteiger partial charge is 0.462 e. The van der Waals surface area contributed by atoms with Gasteiger partial charge in [0.25, 0.3) is 6.04 Å². The number of rotatable bonds is 12. The monoisotopic (exact) mass is 545 g/mol. The van der Waals surface area contributed by atoms with Crippen molar-refractivity contribution in [2.24, 2.45) is 5.92 Å². The molecule has 0 heterocycles. The van der Waals surface area contributed by atoms with Gasteiger partial charge in [0.1, 0.15) is 6.61 Å². The lowest BCUT2D eigenvalue weighted by molar-refractivity contribution is -0.545. The van der Waals surface area contributed by atoms with Crippen LogP contribution in [0.2, 0.25) is 0 Å². The van der Waals surface area contributed by atoms with Crippen LogP contribution >= 0.6 is 0 Å². The molecule has 1 aliphatic rings. The molecule has 7 atom stereocenters. The molecule has 0 N–H and O–H groups in total. The van der Waals surface area contributed by atoms with Crippen LogP contribution in [0.5, 0.6) is 0 Å². The lowest BCUT2D eigenvalue weighted by atomic mass is 9.79. The van der Waals surface area contributed by atoms with Gasteiger partial charge >= 0.3 is 35.8 Å². The zero-order valence-electron chi connectivity index (χ0n) is 21.8. The van der Waals surface area contributed by atoms with E-state index in [0.29, 0.717) is 0 Å². The van der Waals surface area contributed by atoms with Crippen molar-refractivity contribution < 1.29 is 62.1 Å². The van der Waals surface area contributed by atoms with Crippen molar-refractivity contribution in [3.8, 4) is 0 Å². The molecule has 212 valence electrons. The Morgan fingerprint density at radius 1 is 0.789 bits per heavy atom. The topological polar surface area (TPSA) is 201 Å². The third kappa shape index (κ3) is 10.1. The molecule has 0 aromatic rings. The number of carbonyl (C=O) groups is 6. The van der Waals surface area contributed by atoms with E-state index < -0.39 is 89.8 Å². The van der Waals surface area contributed by atoms with Crippen LogP contribution in [-0.2, 0) is 57.2 Å². The van der Waals surface area contributed by atoms with E-state index in [0.717, 1.165) is 41.5 Å². The van der Waals surface area contributed by atoms with E-state index >= 15 is 0 Å². The number of hydrogen-bond acceptors (Lipinski definition) is 14. The Balaban J connectivity index is 3.75. The van der Waals surface area contributed by atoms with Gasteiger partial charge in [-0.3, -0.25) is 38.9 Å². The second kappa shape index (κ2) is 14.6. The summed E-state index contributed by atoms with van der Waals surface area (Å²) in [5, 5.41) is 12.1. The van der Waals surface area contributed by atoms with Crippen LogP contribution in [0.1, 0.15) is 48.0 Å². The van der Waals surface area contributed by atoms with E-state index in [1.54, 1.807) is 0 Å². The number of nitro groups is 1. The molecule has 0 bridgehead atoms. The molecular formula is C23H31NO14. The summed E-state index contributed by atoms with van der Waals surface area (Å²) in [7, 11) is 0. The van der Waals surface area contributed by atoms with Gasteiger partial charge in [-0.15, -0.1) is 0 Å². The number of allylic oxidation sites excluding steroid dienone is 1. The summed E-state index contributed by atoms with van der Waals surface area (Å²) in [5.41, 5.74) is 0. The molecule has 0 fully saturated rings. The number of carbonyl (C=O) groups excluding carboxylic acids is 6. The quantitative estimate of drug-likeness (QED) is 0.107. The second-order valence-electron chi connectivity index (χ2n) is 8.35. The fraction of sp³-hybridized carbons (Fsp3) is 0.652. The third-order valence-electron chi connectivity index (χ3n) is 5.17. The highest BCUT2D eigenvalue weighted by molar-refractivity contribution is 5.69. The molecule has 1 rings (SSSR count). The molecule has 0 spiro atoms. The van der Waals surface area contributed by atoms with Crippen molar-refractivity contribution in [1.29, 1.82) is 0 Å². The molecule has 0 saturated heterocycles. The summed E-state index contributed by atoms with van der Waals surface area (Å²) >= 11 is 0. The molecule has 15 nitrogen and oxygen atoms in total. The fourth-order valence-electron chi connectivity index (χ4n) is 4.03. The lowest BCUT2D eigenvalue weighted by Gasteiger charge is -2.40. The predicted molar refractivity (Wildman–Crippen MR) is 122 cm³/mol. The van der Waals surface area contributed by atoms with Crippen LogP contribution in [0, 0.1) is 16.0 Å². The van der Waals surface area contributed by atoms with E-state index in [-0.39, 0.29) is 6.42 Å². The molecule has 15 heteroatoms. The van der Waals surface area contributed by atoms with Gasteiger partial charge in [-0.1, -0.05) is 6.08 Å². The van der Waals surface area contributed by atoms with Crippen LogP contribution in [0.25, 0.3) is 0 Å². The van der Waals surface area contributed by atoms with Gasteiger partial charge < -0.3 is 28.4 Å². The van der Waals surface area contributed by atoms with Gasteiger partial charge in [-0.2, -0.15) is 0 Å². The lowest BCUT2D eigenvalue weighted by Crippen LogP contribution is -2.58. The minimum atomic E-state index is -1.79. The van der Waals surface area contributed by atoms with Gasteiger partial charge in [0.2, 0.25) is 0 Å². The Hall–Kier alpha value is -4.04. The predicted octanol–water partition coefficient (Wildman–Crippen LogP) is 0.429. The highest BCUT2D eigenvalue weighted by Crippen LogP contribution is 2.34. The van der Waals surface area contributed by atoms with Gasteiger partial charge in [-0.05, 0) is 12.5 Å². The Morgan fingerprint density at radius 2 is 1.32 bits per heavy atom. The first-order valence-corrected chi connectivity index (χ1v) is 11.4. The standard InChI is InChI=1S/C23H31NO14/c1-11(25)33-10-19(35-13(3)27)22(37-15(5)29)23(38-16(6)30)21(36-14(4)28)17-8-7-9-18(34-12(2)26)20(17)24(31)32/h7,9,17-23H,8,10H2,1-6H3/t17-,18-,19+,20+,21-,22-,23+/m0/s1. The minimum absolute atomic E-state index is 0.117. The molecule has 0 aromatic carbocycles. The summed E-state index contributed by atoms with van der Waals surface area (Å²) in [4.78, 5) is 82.5. The Kier molecular flexibility index (Phi) is 12.3. The smallest absolute Gasteiger partial charge is 0.303 e. The highest BCUT2D eigenvalue weighted by Gasteiger charge is 2.54. The maximum atomic E-state index is 12.1. The van der Waals surface area contributed by atoms with E-state index in [2.05, 4.69) is 0 Å². The van der Waals surface area contributed by atoms with Crippen molar-refractivity contribution in [3.05, 3.63) is 22.3 Å². The van der Waals surface area contributed by atoms with Crippen molar-refractivity contribution in [3.63, 3.8) is 0 Å². The van der Waals surface area contributed by atoms with Crippen molar-refractivity contribution in [2.75, 3.05) is 6.61 Å². The van der Waals surface area contributed by atoms with Gasteiger partial charge in [0, 0.05) is 46.5 Å². The van der Waals surface area contributed by atoms with Crippen LogP contribution < -0.4 is 0 Å². The van der Waals surface area contributed by atoms with Gasteiger partial charge in [0.15, 0.2) is 30.5 Å². The van der Waals surface area contributed by atoms with Crippen LogP contribution in [0.15, 0.2) is 12.2 Å². The Bertz CT molecular complexity index is 960. The summed E-state index contributed by atoms with van der Waals surface area (Å²) < 4.78 is 31.2. The van der Waals surface area contributed by atoms with Crippen LogP contribution in [0.3, 0.4) is 0 Å². The van der Waals surface area contributed by atoms with E-state index in [1.165, 1.54) is 12.2 Å². The maximum absolute atomic E-state index is 12.1. The molecule has 0 amide bonds. The van der Waals surface area contributed by atoms with Crippen molar-refractivity contribution in [1.82, 2.24) is 0 Å². The van der Waals surface area contributed by atoms with Crippen LogP contribution in [-0.4, -0.2) is 83.9 Å². The Labute approximate surface area is 217 Å².